The lowest BCUT2D eigenvalue weighted by atomic mass is 9.84. The fraction of sp³-hybridized carbons (Fsp3) is 0.938. The van der Waals surface area contributed by atoms with Crippen molar-refractivity contribution in [1.29, 1.82) is 0 Å². The van der Waals surface area contributed by atoms with Crippen LogP contribution in [0.5, 0.6) is 0 Å². The van der Waals surface area contributed by atoms with Crippen molar-refractivity contribution >= 4 is 5.96 Å². The number of aliphatic imine (C=N–C) groups is 1. The number of nitrogens with two attached hydrogens (primary N) is 1. The van der Waals surface area contributed by atoms with Crippen LogP contribution in [0.3, 0.4) is 0 Å². The Morgan fingerprint density at radius 2 is 2.05 bits per heavy atom. The van der Waals surface area contributed by atoms with E-state index in [-0.39, 0.29) is 0 Å². The number of rotatable bonds is 6. The van der Waals surface area contributed by atoms with Crippen molar-refractivity contribution < 1.29 is 0 Å². The van der Waals surface area contributed by atoms with E-state index in [9.17, 15) is 0 Å². The Hall–Kier alpha value is -0.770. The zero-order chi connectivity index (χ0) is 14.4. The van der Waals surface area contributed by atoms with Crippen LogP contribution in [0.2, 0.25) is 0 Å². The highest BCUT2D eigenvalue weighted by Gasteiger charge is 2.31. The van der Waals surface area contributed by atoms with Crippen LogP contribution >= 0.6 is 0 Å². The Morgan fingerprint density at radius 1 is 1.30 bits per heavy atom. The summed E-state index contributed by atoms with van der Waals surface area (Å²) in [6.45, 7) is 8.76. The standard InChI is InChI=1S/C16H32N4/c1-3-16(9-5-6-10-16)13-19-15(17)18-12-14-8-7-11-20(14)4-2/h14H,3-13H2,1-2H3,(H3,17,18,19). The first-order chi connectivity index (χ1) is 9.69. The summed E-state index contributed by atoms with van der Waals surface area (Å²) in [6, 6.07) is 0.639. The van der Waals surface area contributed by atoms with Crippen LogP contribution < -0.4 is 11.1 Å². The molecule has 1 saturated heterocycles. The molecule has 2 fully saturated rings. The van der Waals surface area contributed by atoms with Crippen LogP contribution in [0, 0.1) is 5.41 Å². The van der Waals surface area contributed by atoms with E-state index in [1.807, 2.05) is 0 Å². The molecule has 1 saturated carbocycles. The second-order valence-corrected chi connectivity index (χ2v) is 6.57. The number of likely N-dealkylation sites (N-methyl/N-ethyl adjacent to an activating group) is 1. The molecule has 20 heavy (non-hydrogen) atoms. The molecule has 0 aromatic heterocycles. The third-order valence-corrected chi connectivity index (χ3v) is 5.42. The fourth-order valence-corrected chi connectivity index (χ4v) is 3.82. The lowest BCUT2D eigenvalue weighted by Gasteiger charge is -2.26. The van der Waals surface area contributed by atoms with Crippen LogP contribution in [0.15, 0.2) is 4.99 Å². The molecule has 1 aliphatic heterocycles. The molecule has 0 amide bonds. The molecule has 4 nitrogen and oxygen atoms in total. The summed E-state index contributed by atoms with van der Waals surface area (Å²) in [5, 5.41) is 3.34. The Bertz CT molecular complexity index is 320. The van der Waals surface area contributed by atoms with Crippen LogP contribution in [-0.4, -0.2) is 43.1 Å². The third-order valence-electron chi connectivity index (χ3n) is 5.42. The van der Waals surface area contributed by atoms with Gasteiger partial charge in [-0.25, -0.2) is 0 Å². The number of likely N-dealkylation sites (tertiary alicyclic amines) is 1. The smallest absolute Gasteiger partial charge is 0.188 e. The van der Waals surface area contributed by atoms with Gasteiger partial charge < -0.3 is 11.1 Å². The van der Waals surface area contributed by atoms with E-state index in [0.29, 0.717) is 17.4 Å². The largest absolute Gasteiger partial charge is 0.370 e. The molecular weight excluding hydrogens is 248 g/mol. The molecule has 116 valence electrons. The summed E-state index contributed by atoms with van der Waals surface area (Å²) < 4.78 is 0. The molecular formula is C16H32N4. The molecule has 0 aromatic rings. The molecule has 0 aromatic carbocycles. The van der Waals surface area contributed by atoms with Gasteiger partial charge in [-0.1, -0.05) is 26.7 Å². The fourth-order valence-electron chi connectivity index (χ4n) is 3.82. The van der Waals surface area contributed by atoms with Crippen molar-refractivity contribution in [3.63, 3.8) is 0 Å². The predicted octanol–water partition coefficient (Wildman–Crippen LogP) is 2.35. The van der Waals surface area contributed by atoms with Gasteiger partial charge in [0.2, 0.25) is 0 Å². The van der Waals surface area contributed by atoms with E-state index in [1.54, 1.807) is 0 Å². The second-order valence-electron chi connectivity index (χ2n) is 6.57. The van der Waals surface area contributed by atoms with Crippen molar-refractivity contribution in [3.8, 4) is 0 Å². The van der Waals surface area contributed by atoms with E-state index < -0.39 is 0 Å². The van der Waals surface area contributed by atoms with Gasteiger partial charge in [-0.2, -0.15) is 0 Å². The number of nitrogens with one attached hydrogen (secondary N) is 1. The minimum Gasteiger partial charge on any atom is -0.370 e. The molecule has 1 heterocycles. The maximum Gasteiger partial charge on any atom is 0.188 e. The average Bonchev–Trinajstić information content (AvgIpc) is 3.12. The van der Waals surface area contributed by atoms with Crippen LogP contribution in [0.1, 0.15) is 58.8 Å². The monoisotopic (exact) mass is 280 g/mol. The zero-order valence-electron chi connectivity index (χ0n) is 13.3. The number of guanidine groups is 1. The topological polar surface area (TPSA) is 53.6 Å². The van der Waals surface area contributed by atoms with E-state index in [2.05, 4.69) is 29.1 Å². The SMILES string of the molecule is CCN1CCCC1CNC(N)=NCC1(CC)CCCC1. The lowest BCUT2D eigenvalue weighted by molar-refractivity contribution is 0.267. The number of hydrogen-bond acceptors (Lipinski definition) is 2. The molecule has 1 aliphatic carbocycles. The first-order valence-electron chi connectivity index (χ1n) is 8.47. The average molecular weight is 280 g/mol. The molecule has 3 N–H and O–H groups in total. The van der Waals surface area contributed by atoms with Gasteiger partial charge in [0.05, 0.1) is 0 Å². The van der Waals surface area contributed by atoms with E-state index in [0.717, 1.165) is 19.6 Å². The Morgan fingerprint density at radius 3 is 2.70 bits per heavy atom. The predicted molar refractivity (Wildman–Crippen MR) is 86.0 cm³/mol. The molecule has 2 rings (SSSR count). The number of hydrogen-bond donors (Lipinski definition) is 2. The van der Waals surface area contributed by atoms with Crippen molar-refractivity contribution in [2.75, 3.05) is 26.2 Å². The van der Waals surface area contributed by atoms with E-state index in [4.69, 9.17) is 5.73 Å². The maximum absolute atomic E-state index is 6.05. The first-order valence-corrected chi connectivity index (χ1v) is 8.47. The molecule has 4 heteroatoms. The van der Waals surface area contributed by atoms with Gasteiger partial charge >= 0.3 is 0 Å². The highest BCUT2D eigenvalue weighted by atomic mass is 15.2. The number of nitrogens with zero attached hydrogens (tertiary/aromatic N) is 2. The van der Waals surface area contributed by atoms with Crippen LogP contribution in [-0.2, 0) is 0 Å². The summed E-state index contributed by atoms with van der Waals surface area (Å²) >= 11 is 0. The quantitative estimate of drug-likeness (QED) is 0.580. The van der Waals surface area contributed by atoms with Crippen LogP contribution in [0.4, 0.5) is 0 Å². The van der Waals surface area contributed by atoms with Gasteiger partial charge in [-0.05, 0) is 50.6 Å². The van der Waals surface area contributed by atoms with Crippen molar-refractivity contribution in [1.82, 2.24) is 10.2 Å². The zero-order valence-corrected chi connectivity index (χ0v) is 13.3. The highest BCUT2D eigenvalue weighted by molar-refractivity contribution is 5.77. The lowest BCUT2D eigenvalue weighted by Crippen LogP contribution is -2.43. The van der Waals surface area contributed by atoms with Gasteiger partial charge in [0.1, 0.15) is 0 Å². The van der Waals surface area contributed by atoms with Gasteiger partial charge in [-0.3, -0.25) is 9.89 Å². The van der Waals surface area contributed by atoms with Crippen LogP contribution in [0.25, 0.3) is 0 Å². The minimum absolute atomic E-state index is 0.440. The van der Waals surface area contributed by atoms with Gasteiger partial charge in [0, 0.05) is 19.1 Å². The molecule has 1 unspecified atom stereocenters. The van der Waals surface area contributed by atoms with Gasteiger partial charge in [0.15, 0.2) is 5.96 Å². The van der Waals surface area contributed by atoms with Gasteiger partial charge in [-0.15, -0.1) is 0 Å². The van der Waals surface area contributed by atoms with Crippen molar-refractivity contribution in [2.24, 2.45) is 16.1 Å². The van der Waals surface area contributed by atoms with Crippen molar-refractivity contribution in [3.05, 3.63) is 0 Å². The Labute approximate surface area is 124 Å². The van der Waals surface area contributed by atoms with E-state index >= 15 is 0 Å². The third kappa shape index (κ3) is 3.87. The first kappa shape index (κ1) is 15.6. The van der Waals surface area contributed by atoms with Crippen molar-refractivity contribution in [2.45, 2.75) is 64.8 Å². The summed E-state index contributed by atoms with van der Waals surface area (Å²) in [5.74, 6) is 0.646. The molecule has 0 spiro atoms. The Balaban J connectivity index is 1.76. The maximum atomic E-state index is 6.05. The highest BCUT2D eigenvalue weighted by Crippen LogP contribution is 2.41. The molecule has 2 aliphatic rings. The normalized spacial score (nSPS) is 27.1. The summed E-state index contributed by atoms with van der Waals surface area (Å²) in [4.78, 5) is 7.16. The molecule has 0 bridgehead atoms. The molecule has 1 atom stereocenters. The summed E-state index contributed by atoms with van der Waals surface area (Å²) in [7, 11) is 0. The Kier molecular flexibility index (Phi) is 5.70. The molecule has 0 radical (unpaired) electrons. The summed E-state index contributed by atoms with van der Waals surface area (Å²) in [5.41, 5.74) is 6.49. The summed E-state index contributed by atoms with van der Waals surface area (Å²) in [6.07, 6.45) is 9.21. The minimum atomic E-state index is 0.440. The van der Waals surface area contributed by atoms with E-state index in [1.165, 1.54) is 51.5 Å². The second kappa shape index (κ2) is 7.30. The van der Waals surface area contributed by atoms with Gasteiger partial charge in [0.25, 0.3) is 0 Å².